The normalized spacial score (nSPS) is 15.3. The molecule has 0 atom stereocenters. The van der Waals surface area contributed by atoms with E-state index in [0.717, 1.165) is 35.4 Å². The van der Waals surface area contributed by atoms with Crippen LogP contribution in [-0.2, 0) is 11.4 Å². The van der Waals surface area contributed by atoms with Gasteiger partial charge in [-0.05, 0) is 50.5 Å². The third-order valence-electron chi connectivity index (χ3n) is 5.37. The number of nitrogens with one attached hydrogen (secondary N) is 1. The first-order chi connectivity index (χ1) is 14.1. The van der Waals surface area contributed by atoms with E-state index in [1.807, 2.05) is 32.0 Å². The van der Waals surface area contributed by atoms with E-state index in [9.17, 15) is 4.79 Å². The van der Waals surface area contributed by atoms with Gasteiger partial charge in [0, 0.05) is 12.1 Å². The molecule has 1 aromatic carbocycles. The molecular formula is C23H30N2O4. The number of nitrogens with zero attached hydrogens (tertiary/aromatic N) is 1. The molecule has 3 rings (SSSR count). The minimum absolute atomic E-state index is 0.0467. The minimum Gasteiger partial charge on any atom is -0.493 e. The van der Waals surface area contributed by atoms with Crippen molar-refractivity contribution in [3.05, 3.63) is 46.9 Å². The van der Waals surface area contributed by atoms with Crippen molar-refractivity contribution in [2.24, 2.45) is 0 Å². The van der Waals surface area contributed by atoms with Gasteiger partial charge in [0.25, 0.3) is 0 Å². The molecule has 1 saturated carbocycles. The van der Waals surface area contributed by atoms with Crippen molar-refractivity contribution < 1.29 is 18.8 Å². The highest BCUT2D eigenvalue weighted by molar-refractivity contribution is 5.92. The van der Waals surface area contributed by atoms with Gasteiger partial charge in [-0.1, -0.05) is 36.9 Å². The third kappa shape index (κ3) is 5.86. The second-order valence-electron chi connectivity index (χ2n) is 7.53. The van der Waals surface area contributed by atoms with E-state index >= 15 is 0 Å². The molecule has 0 aliphatic heterocycles. The summed E-state index contributed by atoms with van der Waals surface area (Å²) in [6.45, 7) is 4.11. The molecule has 156 valence electrons. The zero-order chi connectivity index (χ0) is 20.6. The van der Waals surface area contributed by atoms with E-state index in [0.29, 0.717) is 24.1 Å². The molecule has 0 radical (unpaired) electrons. The molecule has 29 heavy (non-hydrogen) atoms. The summed E-state index contributed by atoms with van der Waals surface area (Å²) >= 11 is 0. The van der Waals surface area contributed by atoms with Gasteiger partial charge in [-0.3, -0.25) is 4.79 Å². The molecule has 6 heteroatoms. The Morgan fingerprint density at radius 2 is 1.97 bits per heavy atom. The maximum atomic E-state index is 12.2. The Balaban J connectivity index is 1.60. The molecule has 1 aromatic heterocycles. The second kappa shape index (κ2) is 10.1. The van der Waals surface area contributed by atoms with Gasteiger partial charge in [0.2, 0.25) is 5.91 Å². The predicted molar refractivity (Wildman–Crippen MR) is 112 cm³/mol. The van der Waals surface area contributed by atoms with Gasteiger partial charge in [-0.25, -0.2) is 0 Å². The lowest BCUT2D eigenvalue weighted by molar-refractivity contribution is -0.117. The van der Waals surface area contributed by atoms with E-state index in [2.05, 4.69) is 10.5 Å². The van der Waals surface area contributed by atoms with E-state index in [4.69, 9.17) is 14.0 Å². The van der Waals surface area contributed by atoms with Crippen LogP contribution < -0.4 is 14.8 Å². The summed E-state index contributed by atoms with van der Waals surface area (Å²) in [5, 5.41) is 7.06. The SMILES string of the molecule is COc1cc(/C=C/C(=O)NC2CCCCCC2)ccc1OCc1c(C)noc1C. The molecule has 2 aromatic rings. The molecule has 6 nitrogen and oxygen atoms in total. The number of benzene rings is 1. The standard InChI is InChI=1S/C23H30N2O4/c1-16-20(17(2)29-25-16)15-28-21-12-10-18(14-22(21)27-3)11-13-23(26)24-19-8-6-4-5-7-9-19/h10-14,19H,4-9,15H2,1-3H3,(H,24,26)/b13-11+. The fourth-order valence-corrected chi connectivity index (χ4v) is 3.61. The van der Waals surface area contributed by atoms with Crippen molar-refractivity contribution in [2.75, 3.05) is 7.11 Å². The van der Waals surface area contributed by atoms with Crippen LogP contribution in [-0.4, -0.2) is 24.2 Å². The predicted octanol–water partition coefficient (Wildman–Crippen LogP) is 4.73. The lowest BCUT2D eigenvalue weighted by Crippen LogP contribution is -2.33. The highest BCUT2D eigenvalue weighted by Crippen LogP contribution is 2.30. The minimum atomic E-state index is -0.0467. The van der Waals surface area contributed by atoms with Crippen LogP contribution in [0.25, 0.3) is 6.08 Å². The van der Waals surface area contributed by atoms with Crippen molar-refractivity contribution in [3.63, 3.8) is 0 Å². The fourth-order valence-electron chi connectivity index (χ4n) is 3.61. The number of aryl methyl sites for hydroxylation is 2. The molecule has 0 unspecified atom stereocenters. The number of carbonyl (C=O) groups is 1. The monoisotopic (exact) mass is 398 g/mol. The summed E-state index contributed by atoms with van der Waals surface area (Å²) in [5.74, 6) is 1.95. The van der Waals surface area contributed by atoms with E-state index in [1.165, 1.54) is 25.7 Å². The summed E-state index contributed by atoms with van der Waals surface area (Å²) in [6.07, 6.45) is 10.5. The van der Waals surface area contributed by atoms with E-state index < -0.39 is 0 Å². The van der Waals surface area contributed by atoms with Crippen molar-refractivity contribution in [1.82, 2.24) is 10.5 Å². The Labute approximate surface area is 172 Å². The number of ether oxygens (including phenoxy) is 2. The third-order valence-corrected chi connectivity index (χ3v) is 5.37. The largest absolute Gasteiger partial charge is 0.493 e. The van der Waals surface area contributed by atoms with Crippen molar-refractivity contribution >= 4 is 12.0 Å². The van der Waals surface area contributed by atoms with Crippen molar-refractivity contribution in [2.45, 2.75) is 65.0 Å². The van der Waals surface area contributed by atoms with Crippen LogP contribution in [0.5, 0.6) is 11.5 Å². The van der Waals surface area contributed by atoms with Crippen LogP contribution in [0.15, 0.2) is 28.8 Å². The molecule has 1 N–H and O–H groups in total. The summed E-state index contributed by atoms with van der Waals surface area (Å²) in [5.41, 5.74) is 2.63. The maximum absolute atomic E-state index is 12.2. The lowest BCUT2D eigenvalue weighted by Gasteiger charge is -2.14. The number of hydrogen-bond donors (Lipinski definition) is 1. The fraction of sp³-hybridized carbons (Fsp3) is 0.478. The first-order valence-corrected chi connectivity index (χ1v) is 10.3. The summed E-state index contributed by atoms with van der Waals surface area (Å²) < 4.78 is 16.5. The Morgan fingerprint density at radius 1 is 1.21 bits per heavy atom. The van der Waals surface area contributed by atoms with Crippen molar-refractivity contribution in [3.8, 4) is 11.5 Å². The molecule has 1 fully saturated rings. The van der Waals surface area contributed by atoms with Gasteiger partial charge < -0.3 is 19.3 Å². The molecule has 1 heterocycles. The van der Waals surface area contributed by atoms with Gasteiger partial charge in [0.1, 0.15) is 12.4 Å². The van der Waals surface area contributed by atoms with Crippen molar-refractivity contribution in [1.29, 1.82) is 0 Å². The first kappa shape index (κ1) is 21.0. The molecule has 1 aliphatic carbocycles. The van der Waals surface area contributed by atoms with Crippen LogP contribution in [0.2, 0.25) is 0 Å². The smallest absolute Gasteiger partial charge is 0.244 e. The van der Waals surface area contributed by atoms with Gasteiger partial charge in [0.05, 0.1) is 18.4 Å². The number of amides is 1. The Bertz CT molecular complexity index is 829. The highest BCUT2D eigenvalue weighted by Gasteiger charge is 2.14. The lowest BCUT2D eigenvalue weighted by atomic mass is 10.1. The highest BCUT2D eigenvalue weighted by atomic mass is 16.5. The summed E-state index contributed by atoms with van der Waals surface area (Å²) in [4.78, 5) is 12.2. The number of aromatic nitrogens is 1. The zero-order valence-electron chi connectivity index (χ0n) is 17.5. The average molecular weight is 399 g/mol. The van der Waals surface area contributed by atoms with Gasteiger partial charge >= 0.3 is 0 Å². The Morgan fingerprint density at radius 3 is 2.62 bits per heavy atom. The topological polar surface area (TPSA) is 73.6 Å². The second-order valence-corrected chi connectivity index (χ2v) is 7.53. The van der Waals surface area contributed by atoms with Crippen LogP contribution in [0.1, 0.15) is 61.1 Å². The number of carbonyl (C=O) groups excluding carboxylic acids is 1. The number of rotatable bonds is 7. The van der Waals surface area contributed by atoms with Gasteiger partial charge in [0.15, 0.2) is 11.5 Å². The molecular weight excluding hydrogens is 368 g/mol. The molecule has 1 aliphatic rings. The number of methoxy groups -OCH3 is 1. The average Bonchev–Trinajstić information content (AvgIpc) is 2.89. The quantitative estimate of drug-likeness (QED) is 0.539. The first-order valence-electron chi connectivity index (χ1n) is 10.3. The van der Waals surface area contributed by atoms with Crippen LogP contribution >= 0.6 is 0 Å². The molecule has 1 amide bonds. The Hall–Kier alpha value is -2.76. The van der Waals surface area contributed by atoms with Crippen LogP contribution in [0.3, 0.4) is 0 Å². The maximum Gasteiger partial charge on any atom is 0.244 e. The van der Waals surface area contributed by atoms with E-state index in [-0.39, 0.29) is 5.91 Å². The summed E-state index contributed by atoms with van der Waals surface area (Å²) in [6, 6.07) is 5.91. The Kier molecular flexibility index (Phi) is 7.33. The number of hydrogen-bond acceptors (Lipinski definition) is 5. The zero-order valence-corrected chi connectivity index (χ0v) is 17.5. The van der Waals surface area contributed by atoms with Gasteiger partial charge in [-0.2, -0.15) is 0 Å². The van der Waals surface area contributed by atoms with Gasteiger partial charge in [-0.15, -0.1) is 0 Å². The summed E-state index contributed by atoms with van der Waals surface area (Å²) in [7, 11) is 1.60. The molecule has 0 saturated heterocycles. The molecule has 0 bridgehead atoms. The van der Waals surface area contributed by atoms with Crippen LogP contribution in [0, 0.1) is 13.8 Å². The molecule has 0 spiro atoms. The van der Waals surface area contributed by atoms with E-state index in [1.54, 1.807) is 19.3 Å². The van der Waals surface area contributed by atoms with Crippen LogP contribution in [0.4, 0.5) is 0 Å².